The fraction of sp³-hybridized carbons (Fsp3) is 0.273. The van der Waals surface area contributed by atoms with E-state index in [1.54, 1.807) is 10.6 Å². The zero-order valence-corrected chi connectivity index (χ0v) is 18.1. The quantitative estimate of drug-likeness (QED) is 0.226. The lowest BCUT2D eigenvalue weighted by atomic mass is 10.1. The molecule has 8 heteroatoms. The predicted octanol–water partition coefficient (Wildman–Crippen LogP) is 5.17. The Balaban J connectivity index is 1.51. The van der Waals surface area contributed by atoms with E-state index in [4.69, 9.17) is 9.40 Å². The van der Waals surface area contributed by atoms with Gasteiger partial charge in [0.2, 0.25) is 11.8 Å². The van der Waals surface area contributed by atoms with Gasteiger partial charge in [-0.1, -0.05) is 47.7 Å². The highest BCUT2D eigenvalue weighted by molar-refractivity contribution is 7.98. The number of thiophene rings is 1. The molecule has 0 bridgehead atoms. The van der Waals surface area contributed by atoms with Crippen LogP contribution in [-0.4, -0.2) is 19.7 Å². The fourth-order valence-electron chi connectivity index (χ4n) is 3.30. The molecule has 152 valence electrons. The summed E-state index contributed by atoms with van der Waals surface area (Å²) in [5.41, 5.74) is 3.08. The molecule has 5 rings (SSSR count). The maximum Gasteiger partial charge on any atom is 0.263 e. The highest BCUT2D eigenvalue weighted by atomic mass is 32.2. The zero-order valence-electron chi connectivity index (χ0n) is 16.5. The molecule has 3 aromatic heterocycles. The van der Waals surface area contributed by atoms with Crippen molar-refractivity contribution in [2.45, 2.75) is 43.1 Å². The molecule has 0 N–H and O–H groups in total. The standard InChI is InChI=1S/C22H20N4O2S2/c1-3-10-26-21(27)18-16(14-6-4-13(2)5-7-14)11-29-20(18)23-22(26)30-12-17-24-25-19(28-17)15-8-9-15/h3-7,11,15H,1,8-10,12H2,2H3. The molecular weight excluding hydrogens is 416 g/mol. The molecule has 6 nitrogen and oxygen atoms in total. The molecule has 0 spiro atoms. The Morgan fingerprint density at radius 3 is 2.83 bits per heavy atom. The Kier molecular flexibility index (Phi) is 5.04. The van der Waals surface area contributed by atoms with Gasteiger partial charge in [-0.25, -0.2) is 4.98 Å². The summed E-state index contributed by atoms with van der Waals surface area (Å²) in [4.78, 5) is 18.9. The number of thioether (sulfide) groups is 1. The largest absolute Gasteiger partial charge is 0.424 e. The van der Waals surface area contributed by atoms with Crippen LogP contribution in [0.2, 0.25) is 0 Å². The summed E-state index contributed by atoms with van der Waals surface area (Å²) >= 11 is 2.93. The van der Waals surface area contributed by atoms with Crippen LogP contribution >= 0.6 is 23.1 Å². The summed E-state index contributed by atoms with van der Waals surface area (Å²) in [7, 11) is 0. The molecule has 0 aliphatic heterocycles. The number of hydrogen-bond donors (Lipinski definition) is 0. The summed E-state index contributed by atoms with van der Waals surface area (Å²) < 4.78 is 7.41. The number of fused-ring (bicyclic) bond motifs is 1. The summed E-state index contributed by atoms with van der Waals surface area (Å²) in [5.74, 6) is 2.19. The van der Waals surface area contributed by atoms with E-state index in [-0.39, 0.29) is 5.56 Å². The minimum atomic E-state index is -0.0524. The van der Waals surface area contributed by atoms with Gasteiger partial charge in [0.25, 0.3) is 5.56 Å². The average Bonchev–Trinajstić information content (AvgIpc) is 3.33. The lowest BCUT2D eigenvalue weighted by Gasteiger charge is -2.10. The van der Waals surface area contributed by atoms with E-state index in [1.807, 2.05) is 17.5 Å². The van der Waals surface area contributed by atoms with Gasteiger partial charge < -0.3 is 4.42 Å². The van der Waals surface area contributed by atoms with Gasteiger partial charge in [0.1, 0.15) is 4.83 Å². The molecule has 1 aromatic carbocycles. The van der Waals surface area contributed by atoms with Crippen LogP contribution in [0.25, 0.3) is 21.3 Å². The minimum Gasteiger partial charge on any atom is -0.424 e. The molecule has 0 atom stereocenters. The van der Waals surface area contributed by atoms with Gasteiger partial charge in [0.15, 0.2) is 5.16 Å². The number of aromatic nitrogens is 4. The minimum absolute atomic E-state index is 0.0524. The SMILES string of the molecule is C=CCn1c(SCc2nnc(C3CC3)o2)nc2scc(-c3ccc(C)cc3)c2c1=O. The second kappa shape index (κ2) is 7.85. The van der Waals surface area contributed by atoms with Gasteiger partial charge >= 0.3 is 0 Å². The van der Waals surface area contributed by atoms with Gasteiger partial charge in [-0.3, -0.25) is 9.36 Å². The molecule has 1 fully saturated rings. The monoisotopic (exact) mass is 436 g/mol. The van der Waals surface area contributed by atoms with Crippen LogP contribution in [0.1, 0.15) is 36.1 Å². The zero-order chi connectivity index (χ0) is 20.7. The van der Waals surface area contributed by atoms with Crippen molar-refractivity contribution >= 4 is 33.3 Å². The lowest BCUT2D eigenvalue weighted by molar-refractivity contribution is 0.466. The van der Waals surface area contributed by atoms with E-state index in [1.165, 1.54) is 28.7 Å². The molecule has 0 unspecified atom stereocenters. The maximum atomic E-state index is 13.4. The first-order valence-corrected chi connectivity index (χ1v) is 11.7. The topological polar surface area (TPSA) is 73.8 Å². The van der Waals surface area contributed by atoms with E-state index in [0.717, 1.165) is 34.7 Å². The molecule has 1 aliphatic carbocycles. The smallest absolute Gasteiger partial charge is 0.263 e. The fourth-order valence-corrected chi connectivity index (χ4v) is 5.13. The molecule has 0 saturated heterocycles. The van der Waals surface area contributed by atoms with Crippen molar-refractivity contribution in [2.24, 2.45) is 0 Å². The van der Waals surface area contributed by atoms with Gasteiger partial charge in [0.05, 0.1) is 11.1 Å². The van der Waals surface area contributed by atoms with Crippen molar-refractivity contribution < 1.29 is 4.42 Å². The van der Waals surface area contributed by atoms with Crippen LogP contribution < -0.4 is 5.56 Å². The molecule has 3 heterocycles. The number of rotatable bonds is 7. The number of allylic oxidation sites excluding steroid dienone is 1. The maximum absolute atomic E-state index is 13.4. The van der Waals surface area contributed by atoms with Crippen LogP contribution in [-0.2, 0) is 12.3 Å². The van der Waals surface area contributed by atoms with Crippen molar-refractivity contribution in [3.05, 3.63) is 70.0 Å². The summed E-state index contributed by atoms with van der Waals surface area (Å²) in [6.07, 6.45) is 3.95. The first kappa shape index (κ1) is 19.3. The molecular formula is C22H20N4O2S2. The first-order valence-electron chi connectivity index (χ1n) is 9.79. The van der Waals surface area contributed by atoms with Gasteiger partial charge in [0, 0.05) is 23.4 Å². The van der Waals surface area contributed by atoms with Crippen LogP contribution in [0.4, 0.5) is 0 Å². The third kappa shape index (κ3) is 3.61. The number of hydrogen-bond acceptors (Lipinski definition) is 7. The average molecular weight is 437 g/mol. The van der Waals surface area contributed by atoms with Crippen LogP contribution in [0.3, 0.4) is 0 Å². The van der Waals surface area contributed by atoms with E-state index in [2.05, 4.69) is 35.8 Å². The number of aryl methyl sites for hydroxylation is 1. The van der Waals surface area contributed by atoms with Crippen molar-refractivity contribution in [3.8, 4) is 11.1 Å². The predicted molar refractivity (Wildman–Crippen MR) is 120 cm³/mol. The second-order valence-corrected chi connectivity index (χ2v) is 9.19. The van der Waals surface area contributed by atoms with Crippen LogP contribution in [0, 0.1) is 6.92 Å². The van der Waals surface area contributed by atoms with E-state index in [0.29, 0.717) is 34.6 Å². The summed E-state index contributed by atoms with van der Waals surface area (Å²) in [5, 5.41) is 11.6. The second-order valence-electron chi connectivity index (χ2n) is 7.39. The normalized spacial score (nSPS) is 13.8. The van der Waals surface area contributed by atoms with Crippen LogP contribution in [0.15, 0.2) is 56.7 Å². The lowest BCUT2D eigenvalue weighted by Crippen LogP contribution is -2.22. The van der Waals surface area contributed by atoms with Crippen molar-refractivity contribution in [3.63, 3.8) is 0 Å². The molecule has 30 heavy (non-hydrogen) atoms. The van der Waals surface area contributed by atoms with Crippen LogP contribution in [0.5, 0.6) is 0 Å². The van der Waals surface area contributed by atoms with E-state index in [9.17, 15) is 4.79 Å². The molecule has 0 amide bonds. The third-order valence-electron chi connectivity index (χ3n) is 5.07. The van der Waals surface area contributed by atoms with Crippen molar-refractivity contribution in [2.75, 3.05) is 0 Å². The highest BCUT2D eigenvalue weighted by Gasteiger charge is 2.29. The third-order valence-corrected chi connectivity index (χ3v) is 6.90. The molecule has 1 aliphatic rings. The molecule has 0 radical (unpaired) electrons. The summed E-state index contributed by atoms with van der Waals surface area (Å²) in [6, 6.07) is 8.20. The highest BCUT2D eigenvalue weighted by Crippen LogP contribution is 2.39. The van der Waals surface area contributed by atoms with Crippen molar-refractivity contribution in [1.29, 1.82) is 0 Å². The van der Waals surface area contributed by atoms with Crippen molar-refractivity contribution in [1.82, 2.24) is 19.7 Å². The van der Waals surface area contributed by atoms with Gasteiger partial charge in [-0.15, -0.1) is 28.1 Å². The Morgan fingerprint density at radius 2 is 2.10 bits per heavy atom. The van der Waals surface area contributed by atoms with Gasteiger partial charge in [-0.05, 0) is 25.3 Å². The molecule has 1 saturated carbocycles. The Morgan fingerprint density at radius 1 is 1.30 bits per heavy atom. The Hall–Kier alpha value is -2.71. The Labute approximate surface area is 181 Å². The first-order chi connectivity index (χ1) is 14.6. The van der Waals surface area contributed by atoms with Gasteiger partial charge in [-0.2, -0.15) is 0 Å². The van der Waals surface area contributed by atoms with E-state index >= 15 is 0 Å². The molecule has 4 aromatic rings. The van der Waals surface area contributed by atoms with E-state index < -0.39 is 0 Å². The number of benzene rings is 1. The Bertz CT molecular complexity index is 1280. The summed E-state index contributed by atoms with van der Waals surface area (Å²) in [6.45, 7) is 6.25. The number of nitrogens with zero attached hydrogens (tertiary/aromatic N) is 4.